The molecule has 1 aromatic rings. The lowest BCUT2D eigenvalue weighted by Crippen LogP contribution is -2.24. The van der Waals surface area contributed by atoms with Crippen LogP contribution < -0.4 is 9.88 Å². The molecule has 2 N–H and O–H groups in total. The van der Waals surface area contributed by atoms with Crippen LogP contribution in [0.3, 0.4) is 0 Å². The fourth-order valence-electron chi connectivity index (χ4n) is 2.83. The van der Waals surface area contributed by atoms with Crippen LogP contribution in [-0.2, 0) is 14.8 Å². The Morgan fingerprint density at radius 2 is 1.90 bits per heavy atom. The first-order chi connectivity index (χ1) is 9.58. The van der Waals surface area contributed by atoms with Crippen LogP contribution in [0, 0.1) is 13.8 Å². The van der Waals surface area contributed by atoms with Gasteiger partial charge in [0.15, 0.2) is 0 Å². The van der Waals surface area contributed by atoms with Crippen molar-refractivity contribution in [2.45, 2.75) is 57.1 Å². The van der Waals surface area contributed by atoms with Crippen LogP contribution in [0.15, 0.2) is 17.0 Å². The summed E-state index contributed by atoms with van der Waals surface area (Å²) in [5, 5.41) is 5.22. The van der Waals surface area contributed by atoms with E-state index in [2.05, 4.69) is 13.8 Å². The number of hydrogen-bond acceptors (Lipinski definition) is 4. The largest absolute Gasteiger partial charge is 0.491 e. The number of benzene rings is 1. The lowest BCUT2D eigenvalue weighted by molar-refractivity contribution is -0.0326. The van der Waals surface area contributed by atoms with Crippen LogP contribution in [0.2, 0.25) is 0 Å². The van der Waals surface area contributed by atoms with Gasteiger partial charge in [0, 0.05) is 0 Å². The third-order valence-electron chi connectivity index (χ3n) is 3.71. The van der Waals surface area contributed by atoms with Crippen molar-refractivity contribution in [2.24, 2.45) is 5.14 Å². The van der Waals surface area contributed by atoms with Crippen molar-refractivity contribution in [2.75, 3.05) is 6.61 Å². The third-order valence-corrected chi connectivity index (χ3v) is 4.92. The zero-order valence-corrected chi connectivity index (χ0v) is 13.8. The predicted molar refractivity (Wildman–Crippen MR) is 81.0 cm³/mol. The smallest absolute Gasteiger partial charge is 0.238 e. The topological polar surface area (TPSA) is 78.6 Å². The Balaban J connectivity index is 2.09. The van der Waals surface area contributed by atoms with Gasteiger partial charge in [0.2, 0.25) is 10.0 Å². The number of hydrogen-bond donors (Lipinski definition) is 1. The Bertz CT molecular complexity index is 614. The molecule has 0 radical (unpaired) electrons. The third kappa shape index (κ3) is 3.96. The summed E-state index contributed by atoms with van der Waals surface area (Å²) in [5.41, 5.74) is 1.11. The fourth-order valence-corrected chi connectivity index (χ4v) is 3.84. The van der Waals surface area contributed by atoms with E-state index in [1.807, 2.05) is 0 Å². The molecule has 1 fully saturated rings. The number of ether oxygens (including phenoxy) is 2. The SMILES string of the molecule is Cc1cc(OCC2CCC(C)(C)O2)cc(C)c1S(N)(=O)=O. The van der Waals surface area contributed by atoms with Crippen molar-refractivity contribution < 1.29 is 17.9 Å². The van der Waals surface area contributed by atoms with Gasteiger partial charge in [-0.2, -0.15) is 0 Å². The van der Waals surface area contributed by atoms with Gasteiger partial charge in [-0.3, -0.25) is 0 Å². The lowest BCUT2D eigenvalue weighted by atomic mass is 10.1. The zero-order valence-electron chi connectivity index (χ0n) is 13.0. The molecule has 1 atom stereocenters. The summed E-state index contributed by atoms with van der Waals surface area (Å²) in [6.45, 7) is 8.05. The van der Waals surface area contributed by atoms with Gasteiger partial charge in [0.1, 0.15) is 12.4 Å². The van der Waals surface area contributed by atoms with Crippen LogP contribution in [0.5, 0.6) is 5.75 Å². The Kier molecular flexibility index (Phi) is 4.33. The molecule has 1 aromatic carbocycles. The molecule has 0 spiro atoms. The maximum atomic E-state index is 11.5. The first-order valence-electron chi connectivity index (χ1n) is 7.03. The second kappa shape index (κ2) is 5.59. The molecular formula is C15H23NO4S. The number of primary sulfonamides is 1. The van der Waals surface area contributed by atoms with Crippen LogP contribution in [0.1, 0.15) is 37.8 Å². The number of nitrogens with two attached hydrogens (primary N) is 1. The zero-order chi connectivity index (χ0) is 15.8. The summed E-state index contributed by atoms with van der Waals surface area (Å²) in [6.07, 6.45) is 2.07. The second-order valence-electron chi connectivity index (χ2n) is 6.28. The minimum Gasteiger partial charge on any atom is -0.491 e. The average molecular weight is 313 g/mol. The van der Waals surface area contributed by atoms with E-state index in [1.165, 1.54) is 0 Å². The van der Waals surface area contributed by atoms with E-state index in [0.29, 0.717) is 23.5 Å². The van der Waals surface area contributed by atoms with Crippen molar-refractivity contribution in [3.8, 4) is 5.75 Å². The van der Waals surface area contributed by atoms with E-state index < -0.39 is 10.0 Å². The maximum absolute atomic E-state index is 11.5. The average Bonchev–Trinajstić information content (AvgIpc) is 2.63. The van der Waals surface area contributed by atoms with Crippen molar-refractivity contribution in [1.29, 1.82) is 0 Å². The van der Waals surface area contributed by atoms with Crippen LogP contribution in [0.4, 0.5) is 0 Å². The summed E-state index contributed by atoms with van der Waals surface area (Å²) in [4.78, 5) is 0.174. The molecule has 1 aliphatic heterocycles. The van der Waals surface area contributed by atoms with Gasteiger partial charge in [-0.05, 0) is 63.8 Å². The van der Waals surface area contributed by atoms with E-state index in [-0.39, 0.29) is 16.6 Å². The molecule has 0 bridgehead atoms. The highest BCUT2D eigenvalue weighted by molar-refractivity contribution is 7.89. The normalized spacial score (nSPS) is 21.5. The molecule has 2 rings (SSSR count). The van der Waals surface area contributed by atoms with Gasteiger partial charge in [0.05, 0.1) is 16.6 Å². The second-order valence-corrected chi connectivity index (χ2v) is 7.78. The number of rotatable bonds is 4. The van der Waals surface area contributed by atoms with E-state index >= 15 is 0 Å². The van der Waals surface area contributed by atoms with E-state index in [1.54, 1.807) is 26.0 Å². The summed E-state index contributed by atoms with van der Waals surface area (Å²) in [7, 11) is -3.71. The lowest BCUT2D eigenvalue weighted by Gasteiger charge is -2.20. The molecule has 1 saturated heterocycles. The van der Waals surface area contributed by atoms with Crippen molar-refractivity contribution >= 4 is 10.0 Å². The molecular weight excluding hydrogens is 290 g/mol. The van der Waals surface area contributed by atoms with E-state index in [4.69, 9.17) is 14.6 Å². The molecule has 0 aromatic heterocycles. The summed E-state index contributed by atoms with van der Waals surface area (Å²) in [5.74, 6) is 0.644. The summed E-state index contributed by atoms with van der Waals surface area (Å²) < 4.78 is 34.7. The highest BCUT2D eigenvalue weighted by atomic mass is 32.2. The number of aryl methyl sites for hydroxylation is 2. The highest BCUT2D eigenvalue weighted by Gasteiger charge is 2.32. The summed E-state index contributed by atoms with van der Waals surface area (Å²) in [6, 6.07) is 3.40. The Morgan fingerprint density at radius 3 is 2.33 bits per heavy atom. The Morgan fingerprint density at radius 1 is 1.33 bits per heavy atom. The minimum atomic E-state index is -3.71. The van der Waals surface area contributed by atoms with Crippen LogP contribution in [-0.4, -0.2) is 26.7 Å². The van der Waals surface area contributed by atoms with Gasteiger partial charge < -0.3 is 9.47 Å². The highest BCUT2D eigenvalue weighted by Crippen LogP contribution is 2.30. The Hall–Kier alpha value is -1.11. The van der Waals surface area contributed by atoms with Crippen molar-refractivity contribution in [1.82, 2.24) is 0 Å². The predicted octanol–water partition coefficient (Wildman–Crippen LogP) is 2.29. The Labute approximate surface area is 126 Å². The molecule has 0 amide bonds. The maximum Gasteiger partial charge on any atom is 0.238 e. The van der Waals surface area contributed by atoms with Gasteiger partial charge >= 0.3 is 0 Å². The molecule has 1 aliphatic rings. The molecule has 1 unspecified atom stereocenters. The van der Waals surface area contributed by atoms with Crippen LogP contribution >= 0.6 is 0 Å². The first-order valence-corrected chi connectivity index (χ1v) is 8.58. The van der Waals surface area contributed by atoms with Gasteiger partial charge in [-0.25, -0.2) is 13.6 Å². The van der Waals surface area contributed by atoms with Crippen molar-refractivity contribution in [3.63, 3.8) is 0 Å². The van der Waals surface area contributed by atoms with Gasteiger partial charge in [-0.1, -0.05) is 0 Å². The fraction of sp³-hybridized carbons (Fsp3) is 0.600. The van der Waals surface area contributed by atoms with E-state index in [0.717, 1.165) is 12.8 Å². The van der Waals surface area contributed by atoms with Crippen LogP contribution in [0.25, 0.3) is 0 Å². The monoisotopic (exact) mass is 313 g/mol. The molecule has 1 heterocycles. The molecule has 5 nitrogen and oxygen atoms in total. The molecule has 0 aliphatic carbocycles. The van der Waals surface area contributed by atoms with Crippen molar-refractivity contribution in [3.05, 3.63) is 23.3 Å². The van der Waals surface area contributed by atoms with E-state index in [9.17, 15) is 8.42 Å². The standard InChI is InChI=1S/C15H23NO4S/c1-10-7-13(8-11(2)14(10)21(16,17)18)19-9-12-5-6-15(3,4)20-12/h7-8,12H,5-6,9H2,1-4H3,(H2,16,17,18). The number of sulfonamides is 1. The molecule has 6 heteroatoms. The minimum absolute atomic E-state index is 0.0820. The van der Waals surface area contributed by atoms with Gasteiger partial charge in [0.25, 0.3) is 0 Å². The quantitative estimate of drug-likeness (QED) is 0.925. The van der Waals surface area contributed by atoms with Gasteiger partial charge in [-0.15, -0.1) is 0 Å². The molecule has 21 heavy (non-hydrogen) atoms. The molecule has 118 valence electrons. The molecule has 0 saturated carbocycles. The first kappa shape index (κ1) is 16.3. The summed E-state index contributed by atoms with van der Waals surface area (Å²) >= 11 is 0.